The number of nitrogens with one attached hydrogen (secondary N) is 2. The van der Waals surface area contributed by atoms with Gasteiger partial charge in [-0.1, -0.05) is 0 Å². The molecule has 0 saturated carbocycles. The summed E-state index contributed by atoms with van der Waals surface area (Å²) in [6.45, 7) is 2.47. The molecule has 2 saturated heterocycles. The normalized spacial score (nSPS) is 32.8. The number of hydrogen-bond donors (Lipinski definition) is 6. The maximum Gasteiger partial charge on any atom is 0.243 e. The number of nitrogens with zero attached hydrogens (tertiary/aromatic N) is 1. The maximum atomic E-state index is 12.7. The average molecular weight is 449 g/mol. The molecule has 170 valence electrons. The van der Waals surface area contributed by atoms with E-state index in [2.05, 4.69) is 10.6 Å². The number of aliphatic hydroxyl groups is 4. The molecule has 30 heavy (non-hydrogen) atoms. The number of likely N-dealkylation sites (tertiary alicyclic amines) is 1. The summed E-state index contributed by atoms with van der Waals surface area (Å²) in [5, 5.41) is 43.2. The van der Waals surface area contributed by atoms with Gasteiger partial charge >= 0.3 is 0 Å². The third-order valence-electron chi connectivity index (χ3n) is 4.89. The van der Waals surface area contributed by atoms with Crippen molar-refractivity contribution in [3.63, 3.8) is 0 Å². The van der Waals surface area contributed by atoms with Gasteiger partial charge in [0.25, 0.3) is 0 Å². The van der Waals surface area contributed by atoms with Crippen LogP contribution < -0.4 is 10.6 Å². The highest BCUT2D eigenvalue weighted by Gasteiger charge is 2.45. The Morgan fingerprint density at radius 3 is 2.47 bits per heavy atom. The van der Waals surface area contributed by atoms with Crippen molar-refractivity contribution in [2.75, 3.05) is 18.9 Å². The quantitative estimate of drug-likeness (QED) is 0.201. The molecular weight excluding hydrogens is 422 g/mol. The van der Waals surface area contributed by atoms with E-state index in [1.54, 1.807) is 6.92 Å². The van der Waals surface area contributed by atoms with Crippen LogP contribution in [-0.4, -0.2) is 110 Å². The summed E-state index contributed by atoms with van der Waals surface area (Å²) in [7, 11) is 0. The third kappa shape index (κ3) is 5.47. The first-order valence-corrected chi connectivity index (χ1v) is 10.5. The van der Waals surface area contributed by atoms with E-state index in [4.69, 9.17) is 9.84 Å². The number of ether oxygens (including phenoxy) is 1. The molecular formula is C17H27N3O9S. The highest BCUT2D eigenvalue weighted by Crippen LogP contribution is 2.26. The minimum atomic E-state index is -1.71. The number of amides is 4. The molecule has 4 amide bonds. The van der Waals surface area contributed by atoms with E-state index in [-0.39, 0.29) is 30.5 Å². The molecule has 2 fully saturated rings. The first-order valence-electron chi connectivity index (χ1n) is 9.44. The lowest BCUT2D eigenvalue weighted by atomic mass is 9.97. The summed E-state index contributed by atoms with van der Waals surface area (Å²) < 4.78 is 4.98. The van der Waals surface area contributed by atoms with E-state index in [1.165, 1.54) is 6.92 Å². The van der Waals surface area contributed by atoms with Crippen molar-refractivity contribution in [2.45, 2.75) is 62.2 Å². The van der Waals surface area contributed by atoms with Crippen LogP contribution in [0.5, 0.6) is 0 Å². The Hall–Kier alpha value is -1.77. The summed E-state index contributed by atoms with van der Waals surface area (Å²) >= 11 is 1.04. The van der Waals surface area contributed by atoms with Crippen molar-refractivity contribution in [3.8, 4) is 0 Å². The van der Waals surface area contributed by atoms with Crippen LogP contribution in [0.4, 0.5) is 0 Å². The Morgan fingerprint density at radius 2 is 1.93 bits per heavy atom. The second-order valence-electron chi connectivity index (χ2n) is 7.02. The van der Waals surface area contributed by atoms with Gasteiger partial charge in [-0.15, -0.1) is 11.8 Å². The molecule has 6 N–H and O–H groups in total. The van der Waals surface area contributed by atoms with Gasteiger partial charge in [-0.05, 0) is 6.92 Å². The average Bonchev–Trinajstić information content (AvgIpc) is 2.97. The van der Waals surface area contributed by atoms with Crippen LogP contribution in [0.1, 0.15) is 20.3 Å². The fourth-order valence-corrected chi connectivity index (χ4v) is 4.46. The molecule has 1 unspecified atom stereocenters. The lowest BCUT2D eigenvalue weighted by Crippen LogP contribution is -2.65. The molecule has 0 bridgehead atoms. The molecule has 0 spiro atoms. The lowest BCUT2D eigenvalue weighted by Gasteiger charge is -2.40. The minimum Gasteiger partial charge on any atom is -0.394 e. The highest BCUT2D eigenvalue weighted by atomic mass is 32.2. The Labute approximate surface area is 176 Å². The number of imide groups is 1. The fraction of sp³-hybridized carbons (Fsp3) is 0.765. The number of carbonyl (C=O) groups excluding carboxylic acids is 4. The Bertz CT molecular complexity index is 679. The molecule has 2 rings (SSSR count). The monoisotopic (exact) mass is 449 g/mol. The van der Waals surface area contributed by atoms with Crippen molar-refractivity contribution in [1.29, 1.82) is 0 Å². The molecule has 0 aromatic rings. The minimum absolute atomic E-state index is 0.00557. The Balaban J connectivity index is 2.02. The number of hydrogen-bond acceptors (Lipinski definition) is 10. The molecule has 7 atom stereocenters. The second-order valence-corrected chi connectivity index (χ2v) is 8.25. The van der Waals surface area contributed by atoms with Crippen molar-refractivity contribution in [1.82, 2.24) is 15.5 Å². The van der Waals surface area contributed by atoms with Crippen molar-refractivity contribution < 1.29 is 44.3 Å². The fourth-order valence-electron chi connectivity index (χ4n) is 3.27. The van der Waals surface area contributed by atoms with Crippen LogP contribution in [-0.2, 0) is 23.9 Å². The second kappa shape index (κ2) is 10.5. The van der Waals surface area contributed by atoms with Gasteiger partial charge in [0.15, 0.2) is 6.29 Å². The van der Waals surface area contributed by atoms with Gasteiger partial charge in [0.1, 0.15) is 30.4 Å². The van der Waals surface area contributed by atoms with E-state index >= 15 is 0 Å². The molecule has 2 heterocycles. The van der Waals surface area contributed by atoms with Gasteiger partial charge in [0, 0.05) is 25.6 Å². The zero-order valence-corrected chi connectivity index (χ0v) is 17.4. The molecule has 13 heteroatoms. The molecule has 0 aromatic heterocycles. The maximum absolute atomic E-state index is 12.7. The van der Waals surface area contributed by atoms with Crippen LogP contribution in [0.25, 0.3) is 0 Å². The largest absolute Gasteiger partial charge is 0.394 e. The van der Waals surface area contributed by atoms with Crippen LogP contribution in [0.3, 0.4) is 0 Å². The molecule has 0 aliphatic carbocycles. The van der Waals surface area contributed by atoms with Gasteiger partial charge in [-0.2, -0.15) is 0 Å². The van der Waals surface area contributed by atoms with Gasteiger partial charge in [-0.25, -0.2) is 0 Å². The molecule has 0 radical (unpaired) electrons. The van der Waals surface area contributed by atoms with E-state index in [1.807, 2.05) is 0 Å². The zero-order valence-electron chi connectivity index (χ0n) is 16.6. The van der Waals surface area contributed by atoms with E-state index in [0.717, 1.165) is 16.7 Å². The third-order valence-corrected chi connectivity index (χ3v) is 6.18. The van der Waals surface area contributed by atoms with Crippen molar-refractivity contribution >= 4 is 35.4 Å². The van der Waals surface area contributed by atoms with Crippen molar-refractivity contribution in [3.05, 3.63) is 0 Å². The van der Waals surface area contributed by atoms with Crippen molar-refractivity contribution in [2.24, 2.45) is 0 Å². The summed E-state index contributed by atoms with van der Waals surface area (Å²) in [4.78, 5) is 49.3. The lowest BCUT2D eigenvalue weighted by molar-refractivity contribution is -0.253. The van der Waals surface area contributed by atoms with Gasteiger partial charge in [0.05, 0.1) is 11.9 Å². The molecule has 2 aliphatic rings. The molecule has 12 nitrogen and oxygen atoms in total. The number of thioether (sulfide) groups is 1. The molecule has 0 aromatic carbocycles. The Morgan fingerprint density at radius 1 is 1.27 bits per heavy atom. The van der Waals surface area contributed by atoms with E-state index in [0.29, 0.717) is 0 Å². The number of rotatable bonds is 8. The number of carbonyl (C=O) groups is 4. The Kier molecular flexibility index (Phi) is 8.58. The summed E-state index contributed by atoms with van der Waals surface area (Å²) in [6, 6.07) is -2.56. The van der Waals surface area contributed by atoms with Crippen LogP contribution in [0.2, 0.25) is 0 Å². The van der Waals surface area contributed by atoms with Crippen LogP contribution in [0.15, 0.2) is 0 Å². The SMILES string of the molecule is CCN1C(=O)CC(SC[C@H](NC(C)=O)C(=O)N[C@@H]2[C@@H](O)[C@H](O)[C@@H](CO)O[C@@H]2O)C1=O. The summed E-state index contributed by atoms with van der Waals surface area (Å²) in [5.74, 6) is -2.03. The standard InChI is InChI=1S/C17H27N3O9S/c1-3-20-11(23)4-10(16(20)27)30-6-8(18-7(2)22)15(26)19-12-14(25)13(24)9(5-21)29-17(12)28/h8-10,12-14,17,21,24-25,28H,3-6H2,1-2H3,(H,18,22)(H,19,26)/t8-,9+,10?,12+,13+,14+,17-/m0/s1. The zero-order chi connectivity index (χ0) is 22.6. The first-order chi connectivity index (χ1) is 14.1. The van der Waals surface area contributed by atoms with Crippen LogP contribution in [0, 0.1) is 0 Å². The highest BCUT2D eigenvalue weighted by molar-refractivity contribution is 8.00. The molecule has 2 aliphatic heterocycles. The topological polar surface area (TPSA) is 186 Å². The summed E-state index contributed by atoms with van der Waals surface area (Å²) in [6.07, 6.45) is -6.12. The van der Waals surface area contributed by atoms with Gasteiger partial charge in [-0.3, -0.25) is 24.1 Å². The predicted molar refractivity (Wildman–Crippen MR) is 103 cm³/mol. The van der Waals surface area contributed by atoms with Crippen LogP contribution >= 0.6 is 11.8 Å². The van der Waals surface area contributed by atoms with Gasteiger partial charge in [0.2, 0.25) is 23.6 Å². The predicted octanol–water partition coefficient (Wildman–Crippen LogP) is -3.71. The smallest absolute Gasteiger partial charge is 0.243 e. The summed E-state index contributed by atoms with van der Waals surface area (Å²) in [5.41, 5.74) is 0. The van der Waals surface area contributed by atoms with Gasteiger partial charge < -0.3 is 35.8 Å². The first kappa shape index (κ1) is 24.5. The van der Waals surface area contributed by atoms with E-state index < -0.39 is 60.4 Å². The van der Waals surface area contributed by atoms with E-state index in [9.17, 15) is 34.5 Å². The number of aliphatic hydroxyl groups excluding tert-OH is 4.